The van der Waals surface area contributed by atoms with E-state index in [1.165, 1.54) is 4.90 Å². The third-order valence-corrected chi connectivity index (χ3v) is 5.26. The van der Waals surface area contributed by atoms with Gasteiger partial charge in [-0.2, -0.15) is 0 Å². The van der Waals surface area contributed by atoms with E-state index >= 15 is 0 Å². The minimum atomic E-state index is -0.701. The van der Waals surface area contributed by atoms with Crippen molar-refractivity contribution < 1.29 is 19.4 Å². The maximum Gasteiger partial charge on any atom is 0.295 e. The summed E-state index contributed by atoms with van der Waals surface area (Å²) in [5.41, 5.74) is 2.12. The van der Waals surface area contributed by atoms with Gasteiger partial charge in [0, 0.05) is 24.5 Å². The quantitative estimate of drug-likeness (QED) is 0.355. The number of aliphatic hydroxyl groups excluding tert-OH is 1. The summed E-state index contributed by atoms with van der Waals surface area (Å²) in [4.78, 5) is 31.6. The molecule has 162 valence electrons. The topological polar surface area (TPSA) is 79.7 Å². The first kappa shape index (κ1) is 21.3. The van der Waals surface area contributed by atoms with Crippen molar-refractivity contribution in [3.05, 3.63) is 101 Å². The van der Waals surface area contributed by atoms with Crippen LogP contribution in [0.2, 0.25) is 0 Å². The van der Waals surface area contributed by atoms with Crippen LogP contribution < -0.4 is 4.74 Å². The molecular weight excluding hydrogens is 404 g/mol. The lowest BCUT2D eigenvalue weighted by Gasteiger charge is -2.25. The number of hydrogen-bond acceptors (Lipinski definition) is 5. The summed E-state index contributed by atoms with van der Waals surface area (Å²) < 4.78 is 5.65. The summed E-state index contributed by atoms with van der Waals surface area (Å²) in [6, 6.07) is 19.0. The number of ketones is 1. The number of carbonyl (C=O) groups excluding carboxylic acids is 2. The Kier molecular flexibility index (Phi) is 6.03. The molecule has 1 unspecified atom stereocenters. The molecule has 1 saturated heterocycles. The van der Waals surface area contributed by atoms with Crippen LogP contribution in [0.3, 0.4) is 0 Å². The number of aliphatic hydroxyl groups is 1. The van der Waals surface area contributed by atoms with Gasteiger partial charge in [0.25, 0.3) is 11.7 Å². The zero-order valence-electron chi connectivity index (χ0n) is 17.9. The molecule has 0 spiro atoms. The number of Topliss-reactive ketones (excluding diaryl/α,β-unsaturated/α-hetero) is 1. The van der Waals surface area contributed by atoms with Gasteiger partial charge in [0.1, 0.15) is 11.5 Å². The Bertz CT molecular complexity index is 1140. The van der Waals surface area contributed by atoms with Crippen molar-refractivity contribution in [2.24, 2.45) is 0 Å². The highest BCUT2D eigenvalue weighted by Gasteiger charge is 2.46. The van der Waals surface area contributed by atoms with E-state index in [-0.39, 0.29) is 24.0 Å². The second-order valence-corrected chi connectivity index (χ2v) is 7.88. The number of amides is 1. The summed E-state index contributed by atoms with van der Waals surface area (Å²) in [5, 5.41) is 11.1. The predicted molar refractivity (Wildman–Crippen MR) is 121 cm³/mol. The standard InChI is InChI=1S/C26H24N2O4/c1-17(2)32-21-10-8-20(9-11-21)24(29)22-23(19-6-4-3-5-7-19)28(26(31)25(22)30)16-18-12-14-27-15-13-18/h3-15,17,23,29H,16H2,1-2H3/b24-22+. The van der Waals surface area contributed by atoms with E-state index in [0.29, 0.717) is 11.3 Å². The number of rotatable bonds is 6. The number of pyridine rings is 1. The highest BCUT2D eigenvalue weighted by atomic mass is 16.5. The van der Waals surface area contributed by atoms with E-state index in [4.69, 9.17) is 4.74 Å². The van der Waals surface area contributed by atoms with Crippen LogP contribution in [0.15, 0.2) is 84.7 Å². The van der Waals surface area contributed by atoms with Gasteiger partial charge in [-0.15, -0.1) is 0 Å². The summed E-state index contributed by atoms with van der Waals surface area (Å²) in [6.07, 6.45) is 3.31. The molecule has 1 fully saturated rings. The fourth-order valence-electron chi connectivity index (χ4n) is 3.83. The van der Waals surface area contributed by atoms with Crippen molar-refractivity contribution in [1.29, 1.82) is 0 Å². The molecule has 1 aromatic heterocycles. The predicted octanol–water partition coefficient (Wildman–Crippen LogP) is 4.49. The van der Waals surface area contributed by atoms with Crippen LogP contribution in [0.25, 0.3) is 5.76 Å². The van der Waals surface area contributed by atoms with E-state index in [0.717, 1.165) is 11.1 Å². The van der Waals surface area contributed by atoms with Crippen LogP contribution in [-0.2, 0) is 16.1 Å². The normalized spacial score (nSPS) is 17.7. The second kappa shape index (κ2) is 9.06. The van der Waals surface area contributed by atoms with E-state index in [9.17, 15) is 14.7 Å². The first-order valence-corrected chi connectivity index (χ1v) is 10.4. The summed E-state index contributed by atoms with van der Waals surface area (Å²) in [7, 11) is 0. The Morgan fingerprint density at radius 1 is 1.00 bits per heavy atom. The van der Waals surface area contributed by atoms with E-state index in [1.54, 1.807) is 48.8 Å². The van der Waals surface area contributed by atoms with Crippen LogP contribution in [0, 0.1) is 0 Å². The van der Waals surface area contributed by atoms with Crippen molar-refractivity contribution in [3.63, 3.8) is 0 Å². The maximum atomic E-state index is 13.1. The van der Waals surface area contributed by atoms with Crippen molar-refractivity contribution in [3.8, 4) is 5.75 Å². The Labute approximate surface area is 186 Å². The molecule has 3 aromatic rings. The Balaban J connectivity index is 1.78. The number of benzene rings is 2. The molecular formula is C26H24N2O4. The van der Waals surface area contributed by atoms with Crippen LogP contribution in [0.4, 0.5) is 0 Å². The number of nitrogens with zero attached hydrogens (tertiary/aromatic N) is 2. The Morgan fingerprint density at radius 2 is 1.66 bits per heavy atom. The molecule has 6 heteroatoms. The largest absolute Gasteiger partial charge is 0.507 e. The fraction of sp³-hybridized carbons (Fsp3) is 0.192. The van der Waals surface area contributed by atoms with Crippen LogP contribution in [0.5, 0.6) is 5.75 Å². The van der Waals surface area contributed by atoms with Crippen molar-refractivity contribution >= 4 is 17.4 Å². The van der Waals surface area contributed by atoms with Gasteiger partial charge in [0.15, 0.2) is 0 Å². The van der Waals surface area contributed by atoms with Gasteiger partial charge in [-0.25, -0.2) is 0 Å². The highest BCUT2D eigenvalue weighted by molar-refractivity contribution is 6.46. The molecule has 1 amide bonds. The minimum Gasteiger partial charge on any atom is -0.507 e. The SMILES string of the molecule is CC(C)Oc1ccc(/C(O)=C2\C(=O)C(=O)N(Cc3ccncc3)C2c2ccccc2)cc1. The smallest absolute Gasteiger partial charge is 0.295 e. The van der Waals surface area contributed by atoms with E-state index < -0.39 is 17.7 Å². The molecule has 1 atom stereocenters. The van der Waals surface area contributed by atoms with Crippen LogP contribution in [-0.4, -0.2) is 32.8 Å². The van der Waals surface area contributed by atoms with Crippen LogP contribution in [0.1, 0.15) is 36.6 Å². The molecule has 2 aromatic carbocycles. The molecule has 4 rings (SSSR count). The van der Waals surface area contributed by atoms with Gasteiger partial charge < -0.3 is 14.7 Å². The zero-order chi connectivity index (χ0) is 22.7. The molecule has 0 bridgehead atoms. The lowest BCUT2D eigenvalue weighted by Crippen LogP contribution is -2.29. The summed E-state index contributed by atoms with van der Waals surface area (Å²) in [6.45, 7) is 4.08. The molecule has 1 aliphatic heterocycles. The monoisotopic (exact) mass is 428 g/mol. The number of carbonyl (C=O) groups is 2. The Hall–Kier alpha value is -3.93. The zero-order valence-corrected chi connectivity index (χ0v) is 17.9. The Morgan fingerprint density at radius 3 is 2.28 bits per heavy atom. The van der Waals surface area contributed by atoms with Crippen molar-refractivity contribution in [1.82, 2.24) is 9.88 Å². The van der Waals surface area contributed by atoms with E-state index in [1.807, 2.05) is 44.2 Å². The number of aromatic nitrogens is 1. The molecule has 0 saturated carbocycles. The molecule has 1 aliphatic rings. The molecule has 0 aliphatic carbocycles. The number of likely N-dealkylation sites (tertiary alicyclic amines) is 1. The first-order chi connectivity index (χ1) is 15.5. The van der Waals surface area contributed by atoms with Gasteiger partial charge in [0.2, 0.25) is 0 Å². The first-order valence-electron chi connectivity index (χ1n) is 10.4. The molecule has 6 nitrogen and oxygen atoms in total. The molecule has 0 radical (unpaired) electrons. The van der Waals surface area contributed by atoms with E-state index in [2.05, 4.69) is 4.98 Å². The highest BCUT2D eigenvalue weighted by Crippen LogP contribution is 2.40. The number of ether oxygens (including phenoxy) is 1. The van der Waals surface area contributed by atoms with Gasteiger partial charge in [-0.05, 0) is 61.4 Å². The van der Waals surface area contributed by atoms with Crippen LogP contribution >= 0.6 is 0 Å². The maximum absolute atomic E-state index is 13.1. The average Bonchev–Trinajstić information content (AvgIpc) is 3.05. The van der Waals surface area contributed by atoms with Gasteiger partial charge >= 0.3 is 0 Å². The molecule has 1 N–H and O–H groups in total. The third kappa shape index (κ3) is 4.25. The molecule has 32 heavy (non-hydrogen) atoms. The summed E-state index contributed by atoms with van der Waals surface area (Å²) in [5.74, 6) is -0.885. The van der Waals surface area contributed by atoms with Crippen molar-refractivity contribution in [2.45, 2.75) is 32.5 Å². The molecule has 2 heterocycles. The second-order valence-electron chi connectivity index (χ2n) is 7.88. The lowest BCUT2D eigenvalue weighted by atomic mass is 9.95. The van der Waals surface area contributed by atoms with Gasteiger partial charge in [-0.1, -0.05) is 30.3 Å². The van der Waals surface area contributed by atoms with Gasteiger partial charge in [0.05, 0.1) is 17.7 Å². The summed E-state index contributed by atoms with van der Waals surface area (Å²) >= 11 is 0. The lowest BCUT2D eigenvalue weighted by molar-refractivity contribution is -0.140. The number of hydrogen-bond donors (Lipinski definition) is 1. The average molecular weight is 428 g/mol. The fourth-order valence-corrected chi connectivity index (χ4v) is 3.83. The minimum absolute atomic E-state index is 0.0195. The third-order valence-electron chi connectivity index (χ3n) is 5.26. The van der Waals surface area contributed by atoms with Crippen molar-refractivity contribution in [2.75, 3.05) is 0 Å². The van der Waals surface area contributed by atoms with Gasteiger partial charge in [-0.3, -0.25) is 14.6 Å².